The minimum absolute atomic E-state index is 0.510. The third-order valence-corrected chi connectivity index (χ3v) is 4.84. The standard InChI is InChI=1S/C15H29N3/c1-12-6-4-5-7-15(12)17-16-13-8-10-14(11-9-13)18(2)3/h12-15H,4-11H2,1-3H3. The van der Waals surface area contributed by atoms with E-state index >= 15 is 0 Å². The monoisotopic (exact) mass is 251 g/mol. The Labute approximate surface area is 112 Å². The Morgan fingerprint density at radius 3 is 2.11 bits per heavy atom. The molecule has 0 aromatic rings. The number of hydrogen-bond acceptors (Lipinski definition) is 3. The minimum atomic E-state index is 0.510. The maximum absolute atomic E-state index is 4.67. The van der Waals surface area contributed by atoms with E-state index in [1.165, 1.54) is 51.4 Å². The molecule has 0 radical (unpaired) electrons. The van der Waals surface area contributed by atoms with Crippen molar-refractivity contribution in [1.29, 1.82) is 0 Å². The first-order valence-corrected chi connectivity index (χ1v) is 7.73. The smallest absolute Gasteiger partial charge is 0.0733 e. The van der Waals surface area contributed by atoms with Crippen molar-refractivity contribution in [2.75, 3.05) is 14.1 Å². The van der Waals surface area contributed by atoms with Crippen LogP contribution in [-0.2, 0) is 0 Å². The lowest BCUT2D eigenvalue weighted by molar-refractivity contribution is 0.213. The van der Waals surface area contributed by atoms with Gasteiger partial charge in [0.2, 0.25) is 0 Å². The quantitative estimate of drug-likeness (QED) is 0.699. The van der Waals surface area contributed by atoms with Gasteiger partial charge in [0.1, 0.15) is 0 Å². The largest absolute Gasteiger partial charge is 0.306 e. The van der Waals surface area contributed by atoms with Crippen LogP contribution in [0.15, 0.2) is 10.2 Å². The maximum Gasteiger partial charge on any atom is 0.0733 e. The van der Waals surface area contributed by atoms with Gasteiger partial charge in [-0.3, -0.25) is 0 Å². The SMILES string of the molecule is CC1CCCCC1N=NC1CCC(N(C)C)CC1. The van der Waals surface area contributed by atoms with E-state index in [-0.39, 0.29) is 0 Å². The molecule has 0 amide bonds. The van der Waals surface area contributed by atoms with Gasteiger partial charge in [-0.15, -0.1) is 0 Å². The van der Waals surface area contributed by atoms with Crippen LogP contribution in [0.1, 0.15) is 58.3 Å². The summed E-state index contributed by atoms with van der Waals surface area (Å²) in [5.41, 5.74) is 0. The molecule has 0 spiro atoms. The fourth-order valence-corrected chi connectivity index (χ4v) is 3.34. The van der Waals surface area contributed by atoms with Crippen molar-refractivity contribution in [3.8, 4) is 0 Å². The second-order valence-electron chi connectivity index (χ2n) is 6.49. The molecule has 2 saturated carbocycles. The first-order valence-electron chi connectivity index (χ1n) is 7.73. The molecule has 0 bridgehead atoms. The van der Waals surface area contributed by atoms with Crippen molar-refractivity contribution in [1.82, 2.24) is 4.90 Å². The Kier molecular flexibility index (Phi) is 5.16. The maximum atomic E-state index is 4.67. The number of rotatable bonds is 3. The summed E-state index contributed by atoms with van der Waals surface area (Å²) in [4.78, 5) is 2.36. The molecule has 0 aromatic carbocycles. The zero-order chi connectivity index (χ0) is 13.0. The molecule has 2 aliphatic rings. The van der Waals surface area contributed by atoms with E-state index in [0.29, 0.717) is 12.1 Å². The average Bonchev–Trinajstić information content (AvgIpc) is 2.38. The predicted octanol–water partition coefficient (Wildman–Crippen LogP) is 3.89. The summed E-state index contributed by atoms with van der Waals surface area (Å²) in [6.07, 6.45) is 10.4. The van der Waals surface area contributed by atoms with Crippen molar-refractivity contribution in [3.05, 3.63) is 0 Å². The van der Waals surface area contributed by atoms with Gasteiger partial charge in [-0.1, -0.05) is 19.8 Å². The summed E-state index contributed by atoms with van der Waals surface area (Å²) < 4.78 is 0. The van der Waals surface area contributed by atoms with E-state index in [0.717, 1.165) is 12.0 Å². The van der Waals surface area contributed by atoms with Crippen LogP contribution in [-0.4, -0.2) is 37.1 Å². The normalized spacial score (nSPS) is 38.4. The molecule has 2 unspecified atom stereocenters. The molecular weight excluding hydrogens is 222 g/mol. The highest BCUT2D eigenvalue weighted by molar-refractivity contribution is 4.82. The molecule has 0 aliphatic heterocycles. The summed E-state index contributed by atoms with van der Waals surface area (Å²) in [6, 6.07) is 1.80. The second-order valence-corrected chi connectivity index (χ2v) is 6.49. The van der Waals surface area contributed by atoms with Gasteiger partial charge < -0.3 is 4.90 Å². The van der Waals surface area contributed by atoms with E-state index in [2.05, 4.69) is 36.1 Å². The van der Waals surface area contributed by atoms with E-state index in [1.54, 1.807) is 0 Å². The van der Waals surface area contributed by atoms with Crippen LogP contribution < -0.4 is 0 Å². The van der Waals surface area contributed by atoms with Gasteiger partial charge in [-0.05, 0) is 58.5 Å². The fraction of sp³-hybridized carbons (Fsp3) is 1.00. The number of nitrogens with zero attached hydrogens (tertiary/aromatic N) is 3. The van der Waals surface area contributed by atoms with Crippen molar-refractivity contribution in [2.45, 2.75) is 76.4 Å². The summed E-state index contributed by atoms with van der Waals surface area (Å²) in [5.74, 6) is 0.751. The van der Waals surface area contributed by atoms with E-state index in [9.17, 15) is 0 Å². The van der Waals surface area contributed by atoms with E-state index in [1.807, 2.05) is 0 Å². The summed E-state index contributed by atoms with van der Waals surface area (Å²) >= 11 is 0. The summed E-state index contributed by atoms with van der Waals surface area (Å²) in [7, 11) is 4.38. The Morgan fingerprint density at radius 1 is 0.833 bits per heavy atom. The zero-order valence-corrected chi connectivity index (χ0v) is 12.3. The van der Waals surface area contributed by atoms with Gasteiger partial charge in [0.25, 0.3) is 0 Å². The lowest BCUT2D eigenvalue weighted by atomic mass is 9.86. The molecule has 0 N–H and O–H groups in total. The van der Waals surface area contributed by atoms with Gasteiger partial charge in [0.05, 0.1) is 12.1 Å². The van der Waals surface area contributed by atoms with E-state index < -0.39 is 0 Å². The highest BCUT2D eigenvalue weighted by Gasteiger charge is 2.24. The molecule has 2 rings (SSSR count). The van der Waals surface area contributed by atoms with Crippen LogP contribution in [0.4, 0.5) is 0 Å². The van der Waals surface area contributed by atoms with Crippen LogP contribution in [0.2, 0.25) is 0 Å². The van der Waals surface area contributed by atoms with Crippen LogP contribution in [0.3, 0.4) is 0 Å². The molecule has 104 valence electrons. The van der Waals surface area contributed by atoms with Crippen LogP contribution >= 0.6 is 0 Å². The Balaban J connectivity index is 1.76. The minimum Gasteiger partial charge on any atom is -0.306 e. The van der Waals surface area contributed by atoms with Crippen molar-refractivity contribution < 1.29 is 0 Å². The average molecular weight is 251 g/mol. The van der Waals surface area contributed by atoms with Crippen LogP contribution in [0, 0.1) is 5.92 Å². The van der Waals surface area contributed by atoms with Crippen molar-refractivity contribution >= 4 is 0 Å². The second kappa shape index (κ2) is 6.65. The molecule has 2 atom stereocenters. The van der Waals surface area contributed by atoms with Gasteiger partial charge in [0, 0.05) is 6.04 Å². The zero-order valence-electron chi connectivity index (χ0n) is 12.3. The number of azo groups is 1. The van der Waals surface area contributed by atoms with Crippen LogP contribution in [0.25, 0.3) is 0 Å². The highest BCUT2D eigenvalue weighted by Crippen LogP contribution is 2.28. The molecule has 2 aliphatic carbocycles. The third-order valence-electron chi connectivity index (χ3n) is 4.84. The van der Waals surface area contributed by atoms with Crippen molar-refractivity contribution in [3.63, 3.8) is 0 Å². The molecule has 3 nitrogen and oxygen atoms in total. The Hall–Kier alpha value is -0.440. The lowest BCUT2D eigenvalue weighted by Gasteiger charge is -2.31. The number of hydrogen-bond donors (Lipinski definition) is 0. The lowest BCUT2D eigenvalue weighted by Crippen LogP contribution is -2.33. The van der Waals surface area contributed by atoms with Gasteiger partial charge >= 0.3 is 0 Å². The summed E-state index contributed by atoms with van der Waals surface area (Å²) in [6.45, 7) is 2.34. The molecule has 0 heterocycles. The molecule has 0 saturated heterocycles. The molecule has 2 fully saturated rings. The summed E-state index contributed by atoms with van der Waals surface area (Å²) in [5, 5.41) is 9.33. The fourth-order valence-electron chi connectivity index (χ4n) is 3.34. The topological polar surface area (TPSA) is 28.0 Å². The molecule has 18 heavy (non-hydrogen) atoms. The van der Waals surface area contributed by atoms with Crippen LogP contribution in [0.5, 0.6) is 0 Å². The molecule has 0 aromatic heterocycles. The molecule has 3 heteroatoms. The Morgan fingerprint density at radius 2 is 1.50 bits per heavy atom. The van der Waals surface area contributed by atoms with E-state index in [4.69, 9.17) is 0 Å². The van der Waals surface area contributed by atoms with Gasteiger partial charge in [-0.25, -0.2) is 0 Å². The van der Waals surface area contributed by atoms with Gasteiger partial charge in [-0.2, -0.15) is 10.2 Å². The third kappa shape index (κ3) is 3.78. The predicted molar refractivity (Wildman–Crippen MR) is 76.0 cm³/mol. The van der Waals surface area contributed by atoms with Gasteiger partial charge in [0.15, 0.2) is 0 Å². The first-order chi connectivity index (χ1) is 8.66. The van der Waals surface area contributed by atoms with Crippen molar-refractivity contribution in [2.24, 2.45) is 16.1 Å². The first kappa shape index (κ1) is 14.0. The molecular formula is C15H29N3. The highest BCUT2D eigenvalue weighted by atomic mass is 15.2. The Bertz CT molecular complexity index is 267.